The Labute approximate surface area is 155 Å². The molecule has 1 amide bonds. The first-order chi connectivity index (χ1) is 12.7. The molecule has 26 heavy (non-hydrogen) atoms. The number of carbonyl (C=O) groups excluding carboxylic acids is 2. The van der Waals surface area contributed by atoms with E-state index in [1.165, 1.54) is 17.7 Å². The van der Waals surface area contributed by atoms with E-state index in [4.69, 9.17) is 4.74 Å². The highest BCUT2D eigenvalue weighted by molar-refractivity contribution is 5.94. The van der Waals surface area contributed by atoms with Crippen molar-refractivity contribution in [3.63, 3.8) is 0 Å². The smallest absolute Gasteiger partial charge is 0.330 e. The van der Waals surface area contributed by atoms with Gasteiger partial charge in [0.25, 0.3) is 0 Å². The summed E-state index contributed by atoms with van der Waals surface area (Å²) < 4.78 is 4.97. The van der Waals surface area contributed by atoms with E-state index in [1.54, 1.807) is 4.90 Å². The van der Waals surface area contributed by atoms with Gasteiger partial charge in [0.1, 0.15) is 0 Å². The van der Waals surface area contributed by atoms with Gasteiger partial charge in [-0.15, -0.1) is 0 Å². The first-order valence-corrected chi connectivity index (χ1v) is 8.90. The lowest BCUT2D eigenvalue weighted by atomic mass is 10.1. The number of hydrogen-bond donors (Lipinski definition) is 0. The monoisotopic (exact) mass is 351 g/mol. The van der Waals surface area contributed by atoms with Crippen LogP contribution < -0.4 is 0 Å². The Morgan fingerprint density at radius 1 is 0.923 bits per heavy atom. The van der Waals surface area contributed by atoms with Gasteiger partial charge in [0.05, 0.1) is 6.61 Å². The maximum Gasteiger partial charge on any atom is 0.330 e. The van der Waals surface area contributed by atoms with Crippen molar-refractivity contribution in [2.75, 3.05) is 13.2 Å². The number of ether oxygens (including phenoxy) is 1. The van der Waals surface area contributed by atoms with Crippen LogP contribution in [0.1, 0.15) is 24.5 Å². The van der Waals surface area contributed by atoms with Crippen molar-refractivity contribution in [2.24, 2.45) is 0 Å². The molecule has 0 spiro atoms. The lowest BCUT2D eigenvalue weighted by Gasteiger charge is -2.21. The fourth-order valence-corrected chi connectivity index (χ4v) is 2.48. The lowest BCUT2D eigenvalue weighted by molar-refractivity contribution is -0.138. The summed E-state index contributed by atoms with van der Waals surface area (Å²) in [6, 6.07) is 19.9. The van der Waals surface area contributed by atoms with Crippen LogP contribution in [0.4, 0.5) is 0 Å². The fourth-order valence-electron chi connectivity index (χ4n) is 2.48. The molecule has 0 fully saturated rings. The standard InChI is InChI=1S/C22H25NO3/c1-2-17-26-22(25)14-13-21(24)23(18-20-11-7-4-8-12-20)16-15-19-9-5-3-6-10-19/h3-14H,2,15-18H2,1H3/b14-13+. The van der Waals surface area contributed by atoms with E-state index in [0.29, 0.717) is 19.7 Å². The number of carbonyl (C=O) groups is 2. The van der Waals surface area contributed by atoms with Crippen molar-refractivity contribution >= 4 is 11.9 Å². The summed E-state index contributed by atoms with van der Waals surface area (Å²) in [7, 11) is 0. The molecule has 0 aliphatic rings. The van der Waals surface area contributed by atoms with Gasteiger partial charge >= 0.3 is 5.97 Å². The van der Waals surface area contributed by atoms with Crippen molar-refractivity contribution in [1.82, 2.24) is 4.90 Å². The van der Waals surface area contributed by atoms with Crippen LogP contribution in [0.5, 0.6) is 0 Å². The van der Waals surface area contributed by atoms with Crippen molar-refractivity contribution in [3.8, 4) is 0 Å². The van der Waals surface area contributed by atoms with Crippen LogP contribution in [0, 0.1) is 0 Å². The molecule has 0 unspecified atom stereocenters. The normalized spacial score (nSPS) is 10.7. The number of esters is 1. The maximum absolute atomic E-state index is 12.6. The average molecular weight is 351 g/mol. The zero-order valence-electron chi connectivity index (χ0n) is 15.1. The van der Waals surface area contributed by atoms with E-state index in [1.807, 2.05) is 67.6 Å². The summed E-state index contributed by atoms with van der Waals surface area (Å²) in [6.45, 7) is 3.36. The van der Waals surface area contributed by atoms with Gasteiger partial charge in [0, 0.05) is 25.2 Å². The minimum Gasteiger partial charge on any atom is -0.463 e. The molecule has 0 bridgehead atoms. The van der Waals surface area contributed by atoms with E-state index >= 15 is 0 Å². The topological polar surface area (TPSA) is 46.6 Å². The summed E-state index contributed by atoms with van der Waals surface area (Å²) in [5, 5.41) is 0. The molecule has 0 N–H and O–H groups in total. The van der Waals surface area contributed by atoms with Crippen LogP contribution in [0.2, 0.25) is 0 Å². The third-order valence-electron chi connectivity index (χ3n) is 3.85. The zero-order chi connectivity index (χ0) is 18.6. The first-order valence-electron chi connectivity index (χ1n) is 8.90. The molecule has 2 aromatic rings. The zero-order valence-corrected chi connectivity index (χ0v) is 15.1. The number of nitrogens with zero attached hydrogens (tertiary/aromatic N) is 1. The van der Waals surface area contributed by atoms with Gasteiger partial charge in [-0.2, -0.15) is 0 Å². The van der Waals surface area contributed by atoms with Gasteiger partial charge in [0.15, 0.2) is 0 Å². The predicted molar refractivity (Wildman–Crippen MR) is 102 cm³/mol. The average Bonchev–Trinajstić information content (AvgIpc) is 2.69. The predicted octanol–water partition coefficient (Wildman–Crippen LogP) is 3.77. The molecule has 0 aliphatic heterocycles. The number of hydrogen-bond acceptors (Lipinski definition) is 3. The molecule has 0 saturated carbocycles. The third-order valence-corrected chi connectivity index (χ3v) is 3.85. The molecular weight excluding hydrogens is 326 g/mol. The first kappa shape index (κ1) is 19.4. The molecule has 4 heteroatoms. The van der Waals surface area contributed by atoms with Crippen LogP contribution >= 0.6 is 0 Å². The summed E-state index contributed by atoms with van der Waals surface area (Å²) in [5.74, 6) is -0.679. The Balaban J connectivity index is 2.02. The highest BCUT2D eigenvalue weighted by Crippen LogP contribution is 2.08. The third kappa shape index (κ3) is 6.93. The van der Waals surface area contributed by atoms with Crippen LogP contribution in [0.3, 0.4) is 0 Å². The summed E-state index contributed by atoms with van der Waals surface area (Å²) in [6.07, 6.45) is 4.02. The molecule has 0 aromatic heterocycles. The molecule has 136 valence electrons. The van der Waals surface area contributed by atoms with Crippen LogP contribution in [0.15, 0.2) is 72.8 Å². The van der Waals surface area contributed by atoms with E-state index < -0.39 is 5.97 Å². The summed E-state index contributed by atoms with van der Waals surface area (Å²) in [5.41, 5.74) is 2.22. The molecule has 0 atom stereocenters. The molecular formula is C22H25NO3. The SMILES string of the molecule is CCCOC(=O)/C=C/C(=O)N(CCc1ccccc1)Cc1ccccc1. The fraction of sp³-hybridized carbons (Fsp3) is 0.273. The van der Waals surface area contributed by atoms with Gasteiger partial charge in [-0.05, 0) is 24.0 Å². The molecule has 0 saturated heterocycles. The van der Waals surface area contributed by atoms with Gasteiger partial charge in [0.2, 0.25) is 5.91 Å². The molecule has 0 heterocycles. The maximum atomic E-state index is 12.6. The second kappa shape index (κ2) is 10.9. The second-order valence-corrected chi connectivity index (χ2v) is 5.98. The molecule has 4 nitrogen and oxygen atoms in total. The van der Waals surface area contributed by atoms with E-state index in [9.17, 15) is 9.59 Å². The minimum absolute atomic E-state index is 0.196. The quantitative estimate of drug-likeness (QED) is 0.510. The number of amides is 1. The highest BCUT2D eigenvalue weighted by atomic mass is 16.5. The minimum atomic E-state index is -0.483. The van der Waals surface area contributed by atoms with Crippen LogP contribution in [0.25, 0.3) is 0 Å². The van der Waals surface area contributed by atoms with Crippen LogP contribution in [-0.2, 0) is 27.3 Å². The Morgan fingerprint density at radius 2 is 1.54 bits per heavy atom. The van der Waals surface area contributed by atoms with Gasteiger partial charge in [-0.25, -0.2) is 4.79 Å². The van der Waals surface area contributed by atoms with Crippen molar-refractivity contribution in [1.29, 1.82) is 0 Å². The highest BCUT2D eigenvalue weighted by Gasteiger charge is 2.12. The molecule has 2 rings (SSSR count). The number of benzene rings is 2. The van der Waals surface area contributed by atoms with Crippen LogP contribution in [-0.4, -0.2) is 29.9 Å². The van der Waals surface area contributed by atoms with Gasteiger partial charge in [-0.1, -0.05) is 67.6 Å². The largest absolute Gasteiger partial charge is 0.463 e. The van der Waals surface area contributed by atoms with Gasteiger partial charge < -0.3 is 9.64 Å². The van der Waals surface area contributed by atoms with Crippen molar-refractivity contribution in [3.05, 3.63) is 83.9 Å². The second-order valence-electron chi connectivity index (χ2n) is 5.98. The van der Waals surface area contributed by atoms with E-state index in [2.05, 4.69) is 0 Å². The molecule has 0 radical (unpaired) electrons. The molecule has 0 aliphatic carbocycles. The Bertz CT molecular complexity index is 711. The Morgan fingerprint density at radius 3 is 2.15 bits per heavy atom. The van der Waals surface area contributed by atoms with E-state index in [0.717, 1.165) is 18.4 Å². The lowest BCUT2D eigenvalue weighted by Crippen LogP contribution is -2.31. The Hall–Kier alpha value is -2.88. The molecule has 2 aromatic carbocycles. The van der Waals surface area contributed by atoms with E-state index in [-0.39, 0.29) is 5.91 Å². The summed E-state index contributed by atoms with van der Waals surface area (Å²) >= 11 is 0. The number of rotatable bonds is 9. The Kier molecular flexibility index (Phi) is 8.13. The summed E-state index contributed by atoms with van der Waals surface area (Å²) in [4.78, 5) is 25.9. The van der Waals surface area contributed by atoms with Gasteiger partial charge in [-0.3, -0.25) is 4.79 Å². The van der Waals surface area contributed by atoms with Crippen molar-refractivity contribution < 1.29 is 14.3 Å². The van der Waals surface area contributed by atoms with Crippen molar-refractivity contribution in [2.45, 2.75) is 26.3 Å².